The summed E-state index contributed by atoms with van der Waals surface area (Å²) in [6.07, 6.45) is 5.36. The first-order valence-corrected chi connectivity index (χ1v) is 11.8. The van der Waals surface area contributed by atoms with Gasteiger partial charge in [0, 0.05) is 51.1 Å². The van der Waals surface area contributed by atoms with Crippen molar-refractivity contribution >= 4 is 15.6 Å². The minimum atomic E-state index is -3.41. The molecule has 2 heterocycles. The van der Waals surface area contributed by atoms with Crippen LogP contribution in [-0.2, 0) is 27.7 Å². The van der Waals surface area contributed by atoms with Gasteiger partial charge in [-0.3, -0.25) is 9.69 Å². The van der Waals surface area contributed by atoms with E-state index in [4.69, 9.17) is 4.74 Å². The summed E-state index contributed by atoms with van der Waals surface area (Å²) in [6.45, 7) is 3.22. The van der Waals surface area contributed by atoms with Gasteiger partial charge in [-0.25, -0.2) is 13.4 Å². The van der Waals surface area contributed by atoms with E-state index in [9.17, 15) is 13.2 Å². The van der Waals surface area contributed by atoms with Gasteiger partial charge < -0.3 is 9.30 Å². The van der Waals surface area contributed by atoms with Crippen molar-refractivity contribution in [1.29, 1.82) is 0 Å². The highest BCUT2D eigenvalue weighted by Crippen LogP contribution is 2.23. The molecule has 0 bridgehead atoms. The van der Waals surface area contributed by atoms with Crippen molar-refractivity contribution in [1.82, 2.24) is 14.5 Å². The van der Waals surface area contributed by atoms with Crippen molar-refractivity contribution in [2.45, 2.75) is 37.5 Å². The highest BCUT2D eigenvalue weighted by molar-refractivity contribution is 7.90. The molecule has 1 unspecified atom stereocenters. The number of aromatic nitrogens is 2. The van der Waals surface area contributed by atoms with Crippen LogP contribution in [0.25, 0.3) is 0 Å². The number of ether oxygens (including phenoxy) is 1. The number of nitrogens with zero attached hydrogens (tertiary/aromatic N) is 3. The number of carbonyl (C=O) groups excluding carboxylic acids is 1. The van der Waals surface area contributed by atoms with Gasteiger partial charge in [-0.15, -0.1) is 0 Å². The van der Waals surface area contributed by atoms with Gasteiger partial charge in [-0.05, 0) is 25.8 Å². The predicted octanol–water partition coefficient (Wildman–Crippen LogP) is 2.42. The Hall–Kier alpha value is -2.03. The van der Waals surface area contributed by atoms with Crippen molar-refractivity contribution in [3.8, 4) is 0 Å². The zero-order valence-corrected chi connectivity index (χ0v) is 17.9. The molecular formula is C21H29N3O4S. The second-order valence-electron chi connectivity index (χ2n) is 7.61. The first kappa shape index (κ1) is 21.7. The summed E-state index contributed by atoms with van der Waals surface area (Å²) in [6, 6.07) is 9.42. The number of hydrogen-bond donors (Lipinski definition) is 0. The maximum absolute atomic E-state index is 12.8. The summed E-state index contributed by atoms with van der Waals surface area (Å²) in [5, 5.41) is 0.0949. The van der Waals surface area contributed by atoms with Crippen LogP contribution in [0.5, 0.6) is 0 Å². The van der Waals surface area contributed by atoms with Crippen LogP contribution in [0, 0.1) is 5.92 Å². The third-order valence-electron chi connectivity index (χ3n) is 5.28. The molecule has 1 aliphatic rings. The Morgan fingerprint density at radius 3 is 2.72 bits per heavy atom. The molecule has 1 aromatic carbocycles. The summed E-state index contributed by atoms with van der Waals surface area (Å²) < 4.78 is 31.1. The molecule has 1 fully saturated rings. The van der Waals surface area contributed by atoms with E-state index in [2.05, 4.69) is 9.88 Å². The topological polar surface area (TPSA) is 81.5 Å². The monoisotopic (exact) mass is 419 g/mol. The van der Waals surface area contributed by atoms with Crippen molar-refractivity contribution in [2.75, 3.05) is 33.1 Å². The number of benzene rings is 1. The number of piperidine rings is 1. The molecule has 0 spiro atoms. The Morgan fingerprint density at radius 1 is 1.28 bits per heavy atom. The molecule has 1 atom stereocenters. The second kappa shape index (κ2) is 9.65. The van der Waals surface area contributed by atoms with Crippen LogP contribution in [0.2, 0.25) is 0 Å². The van der Waals surface area contributed by atoms with Crippen molar-refractivity contribution in [2.24, 2.45) is 5.92 Å². The number of sulfone groups is 1. The number of rotatable bonds is 9. The molecular weight excluding hydrogens is 390 g/mol. The number of likely N-dealkylation sites (tertiary alicyclic amines) is 1. The SMILES string of the molecule is COCCCn1c(CN2CCCC(C(=O)c3ccccc3)C2)cnc1S(C)(=O)=O. The largest absolute Gasteiger partial charge is 0.385 e. The zero-order chi connectivity index (χ0) is 20.9. The number of methoxy groups -OCH3 is 1. The molecule has 29 heavy (non-hydrogen) atoms. The average molecular weight is 420 g/mol. The van der Waals surface area contributed by atoms with Gasteiger partial charge in [-0.2, -0.15) is 0 Å². The quantitative estimate of drug-likeness (QED) is 0.459. The molecule has 0 amide bonds. The fourth-order valence-corrected chi connectivity index (χ4v) is 4.75. The Balaban J connectivity index is 1.73. The van der Waals surface area contributed by atoms with Crippen molar-refractivity contribution < 1.29 is 17.9 Å². The fraction of sp³-hybridized carbons (Fsp3) is 0.524. The van der Waals surface area contributed by atoms with E-state index in [0.717, 1.165) is 30.6 Å². The Morgan fingerprint density at radius 2 is 2.03 bits per heavy atom. The molecule has 2 aromatic rings. The molecule has 0 saturated carbocycles. The summed E-state index contributed by atoms with van der Waals surface area (Å²) in [7, 11) is -1.78. The molecule has 1 aromatic heterocycles. The summed E-state index contributed by atoms with van der Waals surface area (Å²) >= 11 is 0. The molecule has 0 N–H and O–H groups in total. The molecule has 0 aliphatic carbocycles. The summed E-state index contributed by atoms with van der Waals surface area (Å²) in [5.74, 6) is 0.145. The first-order chi connectivity index (χ1) is 13.9. The van der Waals surface area contributed by atoms with Gasteiger partial charge in [0.15, 0.2) is 5.78 Å². The molecule has 1 saturated heterocycles. The van der Waals surface area contributed by atoms with Crippen molar-refractivity contribution in [3.05, 3.63) is 47.8 Å². The highest BCUT2D eigenvalue weighted by atomic mass is 32.2. The summed E-state index contributed by atoms with van der Waals surface area (Å²) in [4.78, 5) is 19.2. The van der Waals surface area contributed by atoms with Gasteiger partial charge in [0.05, 0.1) is 11.9 Å². The third kappa shape index (κ3) is 5.52. The van der Waals surface area contributed by atoms with E-state index >= 15 is 0 Å². The van der Waals surface area contributed by atoms with E-state index in [1.54, 1.807) is 17.9 Å². The average Bonchev–Trinajstić information content (AvgIpc) is 3.11. The minimum Gasteiger partial charge on any atom is -0.385 e. The lowest BCUT2D eigenvalue weighted by Gasteiger charge is -2.32. The van der Waals surface area contributed by atoms with E-state index in [1.807, 2.05) is 30.3 Å². The van der Waals surface area contributed by atoms with Crippen molar-refractivity contribution in [3.63, 3.8) is 0 Å². The fourth-order valence-electron chi connectivity index (χ4n) is 3.90. The lowest BCUT2D eigenvalue weighted by molar-refractivity contribution is 0.0808. The van der Waals surface area contributed by atoms with E-state index in [1.165, 1.54) is 6.26 Å². The number of hydrogen-bond acceptors (Lipinski definition) is 6. The van der Waals surface area contributed by atoms with Crippen LogP contribution >= 0.6 is 0 Å². The zero-order valence-electron chi connectivity index (χ0n) is 17.1. The molecule has 8 heteroatoms. The predicted molar refractivity (Wildman–Crippen MR) is 111 cm³/mol. The highest BCUT2D eigenvalue weighted by Gasteiger charge is 2.28. The van der Waals surface area contributed by atoms with Gasteiger partial charge in [0.2, 0.25) is 15.0 Å². The van der Waals surface area contributed by atoms with E-state index < -0.39 is 9.84 Å². The molecule has 0 radical (unpaired) electrons. The smallest absolute Gasteiger partial charge is 0.227 e. The Labute approximate surface area is 172 Å². The van der Waals surface area contributed by atoms with Crippen LogP contribution in [-0.4, -0.2) is 61.7 Å². The van der Waals surface area contributed by atoms with Crippen LogP contribution in [0.15, 0.2) is 41.7 Å². The lowest BCUT2D eigenvalue weighted by Crippen LogP contribution is -2.38. The Bertz CT molecular complexity index is 925. The van der Waals surface area contributed by atoms with Crippen LogP contribution in [0.3, 0.4) is 0 Å². The van der Waals surface area contributed by atoms with Gasteiger partial charge in [0.1, 0.15) is 0 Å². The number of Topliss-reactive ketones (excluding diaryl/α,β-unsaturated/α-hetero) is 1. The maximum atomic E-state index is 12.8. The molecule has 3 rings (SSSR count). The van der Waals surface area contributed by atoms with Gasteiger partial charge >= 0.3 is 0 Å². The van der Waals surface area contributed by atoms with E-state index in [0.29, 0.717) is 32.7 Å². The number of ketones is 1. The molecule has 158 valence electrons. The maximum Gasteiger partial charge on any atom is 0.227 e. The third-order valence-corrected chi connectivity index (χ3v) is 6.27. The van der Waals surface area contributed by atoms with Crippen LogP contribution < -0.4 is 0 Å². The summed E-state index contributed by atoms with van der Waals surface area (Å²) in [5.41, 5.74) is 1.61. The van der Waals surface area contributed by atoms with E-state index in [-0.39, 0.29) is 16.9 Å². The first-order valence-electron chi connectivity index (χ1n) is 9.95. The van der Waals surface area contributed by atoms with Crippen LogP contribution in [0.1, 0.15) is 35.3 Å². The second-order valence-corrected chi connectivity index (χ2v) is 9.52. The number of imidazole rings is 1. The van der Waals surface area contributed by atoms with Gasteiger partial charge in [-0.1, -0.05) is 30.3 Å². The lowest BCUT2D eigenvalue weighted by atomic mass is 9.90. The minimum absolute atomic E-state index is 0.0367. The molecule has 7 nitrogen and oxygen atoms in total. The van der Waals surface area contributed by atoms with Crippen LogP contribution in [0.4, 0.5) is 0 Å². The van der Waals surface area contributed by atoms with Gasteiger partial charge in [0.25, 0.3) is 0 Å². The standard InChI is InChI=1S/C21H29N3O4S/c1-28-13-7-12-24-19(14-22-21(24)29(2,26)27)16-23-11-6-10-18(15-23)20(25)17-8-4-3-5-9-17/h3-5,8-9,14,18H,6-7,10-13,15-16H2,1-2H3. The number of carbonyl (C=O) groups is 1. The Kier molecular flexibility index (Phi) is 7.21. The molecule has 1 aliphatic heterocycles. The normalized spacial score (nSPS) is 18.1.